The molecule has 0 fully saturated rings. The number of rotatable bonds is 8. The molecule has 0 bridgehead atoms. The van der Waals surface area contributed by atoms with E-state index in [0.29, 0.717) is 13.0 Å². The summed E-state index contributed by atoms with van der Waals surface area (Å²) < 4.78 is 0. The fourth-order valence-electron chi connectivity index (χ4n) is 2.83. The molecule has 148 valence electrons. The Hall–Kier alpha value is -2.11. The van der Waals surface area contributed by atoms with Crippen LogP contribution in [0.15, 0.2) is 42.5 Å². The SMILES string of the molecule is CC(N)CCNC(=O)C(NC(=O)Cc1ccc2ccccc2c1)C(C)C.Cl. The van der Waals surface area contributed by atoms with Gasteiger partial charge in [0.05, 0.1) is 6.42 Å². The molecule has 2 unspecified atom stereocenters. The average Bonchev–Trinajstić information content (AvgIpc) is 2.58. The van der Waals surface area contributed by atoms with Gasteiger partial charge >= 0.3 is 0 Å². The largest absolute Gasteiger partial charge is 0.354 e. The minimum absolute atomic E-state index is 0. The zero-order chi connectivity index (χ0) is 19.1. The molecule has 0 aliphatic rings. The van der Waals surface area contributed by atoms with Gasteiger partial charge < -0.3 is 16.4 Å². The Morgan fingerprint density at radius 1 is 1.04 bits per heavy atom. The summed E-state index contributed by atoms with van der Waals surface area (Å²) in [5.74, 6) is -0.306. The van der Waals surface area contributed by atoms with E-state index in [4.69, 9.17) is 5.73 Å². The Kier molecular flexibility index (Phi) is 9.26. The van der Waals surface area contributed by atoms with E-state index in [-0.39, 0.29) is 42.6 Å². The maximum atomic E-state index is 12.4. The summed E-state index contributed by atoms with van der Waals surface area (Å²) in [6.45, 7) is 6.26. The lowest BCUT2D eigenvalue weighted by Gasteiger charge is -2.22. The minimum Gasteiger partial charge on any atom is -0.354 e. The van der Waals surface area contributed by atoms with Crippen molar-refractivity contribution >= 4 is 35.0 Å². The molecule has 6 heteroatoms. The van der Waals surface area contributed by atoms with Crippen LogP contribution in [0, 0.1) is 5.92 Å². The third-order valence-corrected chi connectivity index (χ3v) is 4.34. The molecule has 2 amide bonds. The number of nitrogens with two attached hydrogens (primary N) is 1. The van der Waals surface area contributed by atoms with Crippen LogP contribution in [-0.2, 0) is 16.0 Å². The number of benzene rings is 2. The molecular weight excluding hydrogens is 362 g/mol. The van der Waals surface area contributed by atoms with Gasteiger partial charge in [-0.2, -0.15) is 0 Å². The molecule has 27 heavy (non-hydrogen) atoms. The van der Waals surface area contributed by atoms with Gasteiger partial charge in [-0.05, 0) is 35.6 Å². The van der Waals surface area contributed by atoms with Crippen molar-refractivity contribution in [3.8, 4) is 0 Å². The maximum Gasteiger partial charge on any atom is 0.242 e. The molecule has 5 nitrogen and oxygen atoms in total. The van der Waals surface area contributed by atoms with E-state index in [1.165, 1.54) is 0 Å². The first kappa shape index (κ1) is 22.9. The van der Waals surface area contributed by atoms with Gasteiger partial charge in [-0.25, -0.2) is 0 Å². The maximum absolute atomic E-state index is 12.4. The molecule has 0 spiro atoms. The van der Waals surface area contributed by atoms with E-state index in [9.17, 15) is 9.59 Å². The molecular formula is C21H30ClN3O2. The third-order valence-electron chi connectivity index (χ3n) is 4.34. The van der Waals surface area contributed by atoms with Crippen molar-refractivity contribution in [1.29, 1.82) is 0 Å². The predicted octanol–water partition coefficient (Wildman–Crippen LogP) is 2.80. The summed E-state index contributed by atoms with van der Waals surface area (Å²) in [5.41, 5.74) is 6.63. The number of fused-ring (bicyclic) bond motifs is 1. The Morgan fingerprint density at radius 3 is 2.33 bits per heavy atom. The van der Waals surface area contributed by atoms with Crippen LogP contribution >= 0.6 is 12.4 Å². The van der Waals surface area contributed by atoms with Gasteiger partial charge in [0, 0.05) is 12.6 Å². The van der Waals surface area contributed by atoms with Gasteiger partial charge in [0.1, 0.15) is 6.04 Å². The number of carbonyl (C=O) groups excluding carboxylic acids is 2. The van der Waals surface area contributed by atoms with Crippen LogP contribution in [-0.4, -0.2) is 30.4 Å². The Bertz CT molecular complexity index is 762. The van der Waals surface area contributed by atoms with E-state index in [2.05, 4.69) is 10.6 Å². The molecule has 0 aliphatic carbocycles. The van der Waals surface area contributed by atoms with Crippen LogP contribution in [0.3, 0.4) is 0 Å². The van der Waals surface area contributed by atoms with Crippen LogP contribution in [0.5, 0.6) is 0 Å². The van der Waals surface area contributed by atoms with Crippen LogP contribution in [0.25, 0.3) is 10.8 Å². The summed E-state index contributed by atoms with van der Waals surface area (Å²) in [6, 6.07) is 13.5. The van der Waals surface area contributed by atoms with Gasteiger partial charge in [0.25, 0.3) is 0 Å². The number of nitrogens with one attached hydrogen (secondary N) is 2. The molecule has 0 aliphatic heterocycles. The van der Waals surface area contributed by atoms with Crippen molar-refractivity contribution in [1.82, 2.24) is 10.6 Å². The summed E-state index contributed by atoms with van der Waals surface area (Å²) in [6.07, 6.45) is 0.961. The fourth-order valence-corrected chi connectivity index (χ4v) is 2.83. The topological polar surface area (TPSA) is 84.2 Å². The molecule has 4 N–H and O–H groups in total. The zero-order valence-corrected chi connectivity index (χ0v) is 17.0. The van der Waals surface area contributed by atoms with Crippen molar-refractivity contribution in [3.05, 3.63) is 48.0 Å². The second kappa shape index (κ2) is 10.9. The number of carbonyl (C=O) groups is 2. The quantitative estimate of drug-likeness (QED) is 0.646. The van der Waals surface area contributed by atoms with Gasteiger partial charge in [-0.15, -0.1) is 12.4 Å². The first-order valence-corrected chi connectivity index (χ1v) is 9.17. The van der Waals surface area contributed by atoms with E-state index in [1.807, 2.05) is 63.2 Å². The van der Waals surface area contributed by atoms with Crippen LogP contribution in [0.2, 0.25) is 0 Å². The Morgan fingerprint density at radius 2 is 1.70 bits per heavy atom. The van der Waals surface area contributed by atoms with E-state index < -0.39 is 6.04 Å². The molecule has 2 aromatic carbocycles. The lowest BCUT2D eigenvalue weighted by atomic mass is 10.0. The molecule has 0 aromatic heterocycles. The number of hydrogen-bond acceptors (Lipinski definition) is 3. The first-order valence-electron chi connectivity index (χ1n) is 9.17. The minimum atomic E-state index is -0.545. The third kappa shape index (κ3) is 7.19. The monoisotopic (exact) mass is 391 g/mol. The van der Waals surface area contributed by atoms with Crippen molar-refractivity contribution in [2.45, 2.75) is 45.7 Å². The fraction of sp³-hybridized carbons (Fsp3) is 0.429. The van der Waals surface area contributed by atoms with Gasteiger partial charge in [-0.3, -0.25) is 9.59 Å². The second-order valence-corrected chi connectivity index (χ2v) is 7.20. The van der Waals surface area contributed by atoms with Crippen LogP contribution in [0.4, 0.5) is 0 Å². The first-order chi connectivity index (χ1) is 12.4. The highest BCUT2D eigenvalue weighted by Gasteiger charge is 2.23. The molecule has 0 heterocycles. The molecule has 0 radical (unpaired) electrons. The van der Waals surface area contributed by atoms with Gasteiger partial charge in [0.2, 0.25) is 11.8 Å². The molecule has 2 aromatic rings. The van der Waals surface area contributed by atoms with Gasteiger partial charge in [0.15, 0.2) is 0 Å². The number of halogens is 1. The molecule has 0 saturated heterocycles. The zero-order valence-electron chi connectivity index (χ0n) is 16.2. The molecule has 0 saturated carbocycles. The van der Waals surface area contributed by atoms with Crippen LogP contribution < -0.4 is 16.4 Å². The Labute approximate surface area is 167 Å². The molecule has 2 rings (SSSR count). The normalized spacial score (nSPS) is 12.9. The van der Waals surface area contributed by atoms with Crippen molar-refractivity contribution < 1.29 is 9.59 Å². The summed E-state index contributed by atoms with van der Waals surface area (Å²) in [4.78, 5) is 24.8. The number of hydrogen-bond donors (Lipinski definition) is 3. The highest BCUT2D eigenvalue weighted by Crippen LogP contribution is 2.16. The summed E-state index contributed by atoms with van der Waals surface area (Å²) in [7, 11) is 0. The lowest BCUT2D eigenvalue weighted by molar-refractivity contribution is -0.129. The highest BCUT2D eigenvalue weighted by molar-refractivity contribution is 5.89. The lowest BCUT2D eigenvalue weighted by Crippen LogP contribution is -2.50. The Balaban J connectivity index is 0.00000364. The van der Waals surface area contributed by atoms with E-state index >= 15 is 0 Å². The number of amides is 2. The van der Waals surface area contributed by atoms with Crippen molar-refractivity contribution in [2.24, 2.45) is 11.7 Å². The predicted molar refractivity (Wildman–Crippen MR) is 113 cm³/mol. The standard InChI is InChI=1S/C21H29N3O2.ClH/c1-14(2)20(21(26)23-11-10-15(3)22)24-19(25)13-16-8-9-17-6-4-5-7-18(17)12-16;/h4-9,12,14-15,20H,10-11,13,22H2,1-3H3,(H,23,26)(H,24,25);1H. The smallest absolute Gasteiger partial charge is 0.242 e. The van der Waals surface area contributed by atoms with Gasteiger partial charge in [-0.1, -0.05) is 56.3 Å². The van der Waals surface area contributed by atoms with E-state index in [0.717, 1.165) is 16.3 Å². The average molecular weight is 392 g/mol. The van der Waals surface area contributed by atoms with E-state index in [1.54, 1.807) is 0 Å². The van der Waals surface area contributed by atoms with Crippen molar-refractivity contribution in [3.63, 3.8) is 0 Å². The summed E-state index contributed by atoms with van der Waals surface area (Å²) in [5, 5.41) is 7.97. The van der Waals surface area contributed by atoms with Crippen molar-refractivity contribution in [2.75, 3.05) is 6.54 Å². The van der Waals surface area contributed by atoms with Crippen LogP contribution in [0.1, 0.15) is 32.8 Å². The summed E-state index contributed by atoms with van der Waals surface area (Å²) >= 11 is 0. The highest BCUT2D eigenvalue weighted by atomic mass is 35.5. The molecule has 2 atom stereocenters. The second-order valence-electron chi connectivity index (χ2n) is 7.20.